The first kappa shape index (κ1) is 55.3. The highest BCUT2D eigenvalue weighted by Crippen LogP contribution is 2.12. The topological polar surface area (TPSA) is 254 Å². The number of hydrogen-bond donors (Lipinski definition) is 3. The second-order valence-electron chi connectivity index (χ2n) is 12.7. The third-order valence-electron chi connectivity index (χ3n) is 7.74. The Balaban J connectivity index is 3.44. The van der Waals surface area contributed by atoms with Gasteiger partial charge < -0.3 is 73.0 Å². The molecule has 0 spiro atoms. The van der Waals surface area contributed by atoms with Crippen LogP contribution in [0.1, 0.15) is 39.5 Å². The van der Waals surface area contributed by atoms with Crippen molar-refractivity contribution in [2.45, 2.75) is 45.6 Å². The zero-order valence-corrected chi connectivity index (χ0v) is 34.8. The fraction of sp³-hybridized carbons (Fsp3) is 0.868. The number of carboxylic acids is 1. The summed E-state index contributed by atoms with van der Waals surface area (Å²) >= 11 is 0. The molecule has 20 nitrogen and oxygen atoms in total. The number of nitrogens with one attached hydrogen (secondary N) is 1. The zero-order chi connectivity index (χ0) is 42.9. The van der Waals surface area contributed by atoms with E-state index in [1.165, 1.54) is 6.92 Å². The molecule has 4 N–H and O–H groups in total. The Labute approximate surface area is 342 Å². The predicted octanol–water partition coefficient (Wildman–Crippen LogP) is -0.159. The van der Waals surface area contributed by atoms with E-state index in [1.807, 2.05) is 0 Å². The van der Waals surface area contributed by atoms with E-state index in [0.29, 0.717) is 139 Å². The number of ketones is 2. The van der Waals surface area contributed by atoms with Gasteiger partial charge in [-0.1, -0.05) is 6.92 Å². The monoisotopic (exact) mass is 842 g/mol. The zero-order valence-electron chi connectivity index (χ0n) is 34.8. The first-order valence-electron chi connectivity index (χ1n) is 19.8. The lowest BCUT2D eigenvalue weighted by Gasteiger charge is -2.18. The number of primary amides is 1. The number of amides is 2. The fourth-order valence-electron chi connectivity index (χ4n) is 4.51. The van der Waals surface area contributed by atoms with Gasteiger partial charge in [0, 0.05) is 38.7 Å². The number of Topliss-reactive ketones (excluding diaryl/α,β-unsaturated/α-hetero) is 2. The summed E-state index contributed by atoms with van der Waals surface area (Å²) in [6, 6.07) is -0.987. The SMILES string of the molecule is COCCOCCOCCOCCOCCOCCOCCOCCOCCOCCOCCOCCC(=O)C[C@@H](C)C(=O)N[C@H](C)C(=O)C[C@@H](CC(N)=O)C(=O)O. The average molecular weight is 843 g/mol. The molecule has 0 rings (SSSR count). The van der Waals surface area contributed by atoms with Gasteiger partial charge in [-0.2, -0.15) is 0 Å². The average Bonchev–Trinajstić information content (AvgIpc) is 3.18. The van der Waals surface area contributed by atoms with Gasteiger partial charge in [-0.05, 0) is 6.92 Å². The summed E-state index contributed by atoms with van der Waals surface area (Å²) in [6.07, 6.45) is -0.870. The van der Waals surface area contributed by atoms with E-state index in [-0.39, 0.29) is 31.8 Å². The summed E-state index contributed by atoms with van der Waals surface area (Å²) in [6.45, 7) is 13.3. The molecular weight excluding hydrogens is 772 g/mol. The number of aliphatic carboxylic acids is 1. The molecule has 0 aromatic heterocycles. The lowest BCUT2D eigenvalue weighted by atomic mass is 9.95. The van der Waals surface area contributed by atoms with Crippen molar-refractivity contribution in [2.75, 3.05) is 159 Å². The maximum absolute atomic E-state index is 12.4. The maximum atomic E-state index is 12.4. The van der Waals surface area contributed by atoms with Crippen LogP contribution in [-0.4, -0.2) is 200 Å². The molecule has 0 aliphatic carbocycles. The Morgan fingerprint density at radius 3 is 1.09 bits per heavy atom. The molecular formula is C38H70N2O18. The number of ether oxygens (including phenoxy) is 12. The van der Waals surface area contributed by atoms with Crippen LogP contribution in [0.2, 0.25) is 0 Å². The third-order valence-corrected chi connectivity index (χ3v) is 7.74. The minimum absolute atomic E-state index is 0.0471. The fourth-order valence-corrected chi connectivity index (χ4v) is 4.51. The minimum Gasteiger partial charge on any atom is -0.481 e. The van der Waals surface area contributed by atoms with Crippen molar-refractivity contribution < 1.29 is 85.9 Å². The molecule has 0 radical (unpaired) electrons. The van der Waals surface area contributed by atoms with E-state index in [0.717, 1.165) is 0 Å². The minimum atomic E-state index is -1.32. The van der Waals surface area contributed by atoms with Gasteiger partial charge in [0.1, 0.15) is 5.78 Å². The largest absolute Gasteiger partial charge is 0.481 e. The predicted molar refractivity (Wildman–Crippen MR) is 206 cm³/mol. The molecule has 58 heavy (non-hydrogen) atoms. The van der Waals surface area contributed by atoms with Gasteiger partial charge in [-0.15, -0.1) is 0 Å². The highest BCUT2D eigenvalue weighted by atomic mass is 16.6. The van der Waals surface area contributed by atoms with E-state index in [2.05, 4.69) is 5.32 Å². The highest BCUT2D eigenvalue weighted by molar-refractivity contribution is 5.93. The smallest absolute Gasteiger partial charge is 0.307 e. The van der Waals surface area contributed by atoms with Gasteiger partial charge in [-0.25, -0.2) is 0 Å². The van der Waals surface area contributed by atoms with Crippen LogP contribution in [0.15, 0.2) is 0 Å². The normalized spacial score (nSPS) is 12.9. The number of hydrogen-bond acceptors (Lipinski definition) is 17. The number of carbonyl (C=O) groups is 5. The van der Waals surface area contributed by atoms with Crippen molar-refractivity contribution >= 4 is 29.4 Å². The van der Waals surface area contributed by atoms with Crippen LogP contribution in [0.5, 0.6) is 0 Å². The van der Waals surface area contributed by atoms with Crippen molar-refractivity contribution in [3.63, 3.8) is 0 Å². The first-order chi connectivity index (χ1) is 28.1. The van der Waals surface area contributed by atoms with Crippen LogP contribution in [0, 0.1) is 11.8 Å². The van der Waals surface area contributed by atoms with E-state index in [4.69, 9.17) is 67.7 Å². The van der Waals surface area contributed by atoms with E-state index in [1.54, 1.807) is 14.0 Å². The molecule has 0 aromatic rings. The first-order valence-corrected chi connectivity index (χ1v) is 19.8. The second-order valence-corrected chi connectivity index (χ2v) is 12.7. The summed E-state index contributed by atoms with van der Waals surface area (Å²) in [5.41, 5.74) is 5.04. The Hall–Kier alpha value is -2.73. The van der Waals surface area contributed by atoms with Crippen LogP contribution in [0.3, 0.4) is 0 Å². The van der Waals surface area contributed by atoms with Crippen LogP contribution in [0.4, 0.5) is 0 Å². The lowest BCUT2D eigenvalue weighted by molar-refractivity contribution is -0.145. The van der Waals surface area contributed by atoms with Gasteiger partial charge in [0.25, 0.3) is 0 Å². The van der Waals surface area contributed by atoms with Gasteiger partial charge in [0.15, 0.2) is 5.78 Å². The molecule has 340 valence electrons. The van der Waals surface area contributed by atoms with Gasteiger partial charge in [0.05, 0.1) is 164 Å². The quantitative estimate of drug-likeness (QED) is 0.0673. The van der Waals surface area contributed by atoms with Crippen molar-refractivity contribution in [1.82, 2.24) is 5.32 Å². The summed E-state index contributed by atoms with van der Waals surface area (Å²) < 4.78 is 64.6. The van der Waals surface area contributed by atoms with E-state index in [9.17, 15) is 24.0 Å². The summed E-state index contributed by atoms with van der Waals surface area (Å²) in [5, 5.41) is 11.7. The number of carbonyl (C=O) groups excluding carboxylic acids is 4. The van der Waals surface area contributed by atoms with Gasteiger partial charge >= 0.3 is 5.97 Å². The lowest BCUT2D eigenvalue weighted by Crippen LogP contribution is -2.42. The molecule has 0 aliphatic rings. The molecule has 0 heterocycles. The summed E-state index contributed by atoms with van der Waals surface area (Å²) in [4.78, 5) is 59.3. The summed E-state index contributed by atoms with van der Waals surface area (Å²) in [7, 11) is 1.63. The molecule has 0 saturated heterocycles. The third kappa shape index (κ3) is 37.5. The van der Waals surface area contributed by atoms with E-state index < -0.39 is 54.3 Å². The van der Waals surface area contributed by atoms with Crippen LogP contribution < -0.4 is 11.1 Å². The van der Waals surface area contributed by atoms with Gasteiger partial charge in [0.2, 0.25) is 11.8 Å². The second kappa shape index (κ2) is 41.0. The highest BCUT2D eigenvalue weighted by Gasteiger charge is 2.27. The van der Waals surface area contributed by atoms with Crippen molar-refractivity contribution in [1.29, 1.82) is 0 Å². The molecule has 3 atom stereocenters. The van der Waals surface area contributed by atoms with Crippen LogP contribution >= 0.6 is 0 Å². The summed E-state index contributed by atoms with van der Waals surface area (Å²) in [5.74, 6) is -5.39. The molecule has 0 unspecified atom stereocenters. The molecule has 0 fully saturated rings. The number of rotatable bonds is 46. The Kier molecular flexibility index (Phi) is 39.1. The Morgan fingerprint density at radius 2 is 0.793 bits per heavy atom. The Bertz CT molecular complexity index is 1040. The molecule has 0 saturated carbocycles. The Morgan fingerprint density at radius 1 is 0.483 bits per heavy atom. The van der Waals surface area contributed by atoms with Crippen molar-refractivity contribution in [3.8, 4) is 0 Å². The molecule has 0 aliphatic heterocycles. The molecule has 2 amide bonds. The van der Waals surface area contributed by atoms with Crippen LogP contribution in [-0.2, 0) is 80.8 Å². The molecule has 0 bridgehead atoms. The van der Waals surface area contributed by atoms with Gasteiger partial charge in [-0.3, -0.25) is 24.0 Å². The van der Waals surface area contributed by atoms with Crippen molar-refractivity contribution in [2.24, 2.45) is 17.6 Å². The maximum Gasteiger partial charge on any atom is 0.307 e. The van der Waals surface area contributed by atoms with Crippen molar-refractivity contribution in [3.05, 3.63) is 0 Å². The standard InChI is InChI=1S/C38H70N2O18/c1-31(37(44)40-32(2)35(42)29-33(38(45)46)30-36(39)43)28-34(41)4-5-48-8-9-50-12-13-52-16-17-54-20-21-56-24-25-58-27-26-57-23-22-55-19-18-53-15-14-51-11-10-49-7-6-47-3/h31-33H,4-30H2,1-3H3,(H2,39,43)(H,40,44)(H,45,46)/t31-,32-,33+/m1/s1. The van der Waals surface area contributed by atoms with E-state index >= 15 is 0 Å². The number of methoxy groups -OCH3 is 1. The molecule has 0 aromatic carbocycles. The number of carboxylic acid groups (broad SMARTS) is 1. The molecule has 20 heteroatoms. The van der Waals surface area contributed by atoms with Crippen LogP contribution in [0.25, 0.3) is 0 Å². The number of nitrogens with two attached hydrogens (primary N) is 1.